The second kappa shape index (κ2) is 10.8. The quantitative estimate of drug-likeness (QED) is 0.218. The molecule has 0 bridgehead atoms. The molecule has 0 saturated carbocycles. The predicted octanol–water partition coefficient (Wildman–Crippen LogP) is 4.81. The average molecular weight is 492 g/mol. The van der Waals surface area contributed by atoms with Gasteiger partial charge < -0.3 is 10.1 Å². The van der Waals surface area contributed by atoms with Gasteiger partial charge in [-0.15, -0.1) is 0 Å². The van der Waals surface area contributed by atoms with E-state index in [1.807, 2.05) is 32.0 Å². The zero-order valence-corrected chi connectivity index (χ0v) is 20.6. The molecule has 4 rings (SSSR count). The van der Waals surface area contributed by atoms with Crippen molar-refractivity contribution in [3.05, 3.63) is 99.1 Å². The van der Waals surface area contributed by atoms with Gasteiger partial charge in [-0.25, -0.2) is 9.37 Å². The Balaban J connectivity index is 1.80. The second-order valence-electron chi connectivity index (χ2n) is 8.28. The third-order valence-electron chi connectivity index (χ3n) is 5.44. The fourth-order valence-electron chi connectivity index (χ4n) is 3.81. The third kappa shape index (κ3) is 5.78. The molecule has 0 radical (unpaired) electrons. The Morgan fingerprint density at radius 1 is 1.06 bits per heavy atom. The van der Waals surface area contributed by atoms with E-state index < -0.39 is 0 Å². The first kappa shape index (κ1) is 24.6. The molecule has 1 N–H and O–H groups in total. The van der Waals surface area contributed by atoms with Crippen LogP contribution < -0.4 is 10.9 Å². The van der Waals surface area contributed by atoms with Crippen molar-refractivity contribution in [3.8, 4) is 5.69 Å². The second-order valence-corrected chi connectivity index (χ2v) is 9.22. The Labute approximate surface area is 207 Å². The molecule has 1 amide bonds. The van der Waals surface area contributed by atoms with Crippen molar-refractivity contribution in [2.45, 2.75) is 24.8 Å². The number of thioether (sulfide) groups is 1. The number of halogens is 1. The largest absolute Gasteiger partial charge is 0.383 e. The van der Waals surface area contributed by atoms with Crippen LogP contribution in [0.1, 0.15) is 27.0 Å². The summed E-state index contributed by atoms with van der Waals surface area (Å²) >= 11 is 1.38. The number of nitrogens with one attached hydrogen (secondary N) is 1. The Hall–Kier alpha value is -3.49. The third-order valence-corrected chi connectivity index (χ3v) is 6.45. The summed E-state index contributed by atoms with van der Waals surface area (Å²) in [5.74, 6) is -0.0592. The molecule has 35 heavy (non-hydrogen) atoms. The van der Waals surface area contributed by atoms with Crippen molar-refractivity contribution in [3.63, 3.8) is 0 Å². The van der Waals surface area contributed by atoms with Gasteiger partial charge in [0.2, 0.25) is 0 Å². The molecule has 0 aliphatic rings. The van der Waals surface area contributed by atoms with Gasteiger partial charge in [0.1, 0.15) is 5.82 Å². The van der Waals surface area contributed by atoms with E-state index in [1.54, 1.807) is 42.0 Å². The molecule has 0 saturated heterocycles. The van der Waals surface area contributed by atoms with Crippen molar-refractivity contribution in [1.29, 1.82) is 0 Å². The number of hydrogen-bond acceptors (Lipinski definition) is 5. The molecule has 6 nitrogen and oxygen atoms in total. The number of nitrogens with zero attached hydrogens (tertiary/aromatic N) is 2. The first-order chi connectivity index (χ1) is 16.9. The van der Waals surface area contributed by atoms with Crippen molar-refractivity contribution >= 4 is 28.6 Å². The van der Waals surface area contributed by atoms with E-state index in [0.29, 0.717) is 40.5 Å². The molecule has 0 aliphatic carbocycles. The van der Waals surface area contributed by atoms with Crippen LogP contribution in [0.2, 0.25) is 0 Å². The molecule has 0 unspecified atom stereocenters. The summed E-state index contributed by atoms with van der Waals surface area (Å²) in [6.07, 6.45) is 0. The van der Waals surface area contributed by atoms with Crippen LogP contribution in [0.15, 0.2) is 70.6 Å². The Morgan fingerprint density at radius 2 is 1.77 bits per heavy atom. The molecule has 0 fully saturated rings. The van der Waals surface area contributed by atoms with E-state index in [-0.39, 0.29) is 17.3 Å². The van der Waals surface area contributed by atoms with E-state index in [0.717, 1.165) is 22.4 Å². The number of methoxy groups -OCH3 is 1. The maximum absolute atomic E-state index is 13.7. The smallest absolute Gasteiger partial charge is 0.266 e. The lowest BCUT2D eigenvalue weighted by Gasteiger charge is -2.15. The maximum Gasteiger partial charge on any atom is 0.266 e. The van der Waals surface area contributed by atoms with E-state index in [1.165, 1.54) is 23.9 Å². The summed E-state index contributed by atoms with van der Waals surface area (Å²) < 4.78 is 19.9. The number of aromatic nitrogens is 2. The summed E-state index contributed by atoms with van der Waals surface area (Å²) in [5, 5.41) is 3.70. The van der Waals surface area contributed by atoms with Crippen LogP contribution in [0.4, 0.5) is 4.39 Å². The molecular weight excluding hydrogens is 465 g/mol. The summed E-state index contributed by atoms with van der Waals surface area (Å²) in [6, 6.07) is 17.1. The van der Waals surface area contributed by atoms with Crippen LogP contribution in [-0.2, 0) is 10.5 Å². The maximum atomic E-state index is 13.7. The van der Waals surface area contributed by atoms with Crippen molar-refractivity contribution in [1.82, 2.24) is 14.9 Å². The number of rotatable bonds is 8. The first-order valence-corrected chi connectivity index (χ1v) is 12.1. The monoisotopic (exact) mass is 491 g/mol. The number of amides is 1. The highest BCUT2D eigenvalue weighted by molar-refractivity contribution is 7.98. The van der Waals surface area contributed by atoms with Gasteiger partial charge in [-0.2, -0.15) is 0 Å². The lowest BCUT2D eigenvalue weighted by atomic mass is 10.1. The zero-order chi connectivity index (χ0) is 24.9. The van der Waals surface area contributed by atoms with E-state index in [9.17, 15) is 14.0 Å². The number of fused-ring (bicyclic) bond motifs is 1. The SMILES string of the molecule is COCCNC(=O)c1ccc2c(=O)n(-c3cc(C)cc(C)c3)c(SCc3ccc(F)cc3)nc2c1. The van der Waals surface area contributed by atoms with Gasteiger partial charge >= 0.3 is 0 Å². The number of hydrogen-bond donors (Lipinski definition) is 1. The van der Waals surface area contributed by atoms with Gasteiger partial charge in [0.15, 0.2) is 5.16 Å². The minimum absolute atomic E-state index is 0.215. The summed E-state index contributed by atoms with van der Waals surface area (Å²) in [4.78, 5) is 31.0. The van der Waals surface area contributed by atoms with Crippen LogP contribution in [0, 0.1) is 19.7 Å². The van der Waals surface area contributed by atoms with Gasteiger partial charge in [0.25, 0.3) is 11.5 Å². The van der Waals surface area contributed by atoms with E-state index in [2.05, 4.69) is 5.32 Å². The molecule has 8 heteroatoms. The van der Waals surface area contributed by atoms with Gasteiger partial charge in [0.05, 0.1) is 23.2 Å². The fourth-order valence-corrected chi connectivity index (χ4v) is 4.78. The van der Waals surface area contributed by atoms with E-state index in [4.69, 9.17) is 9.72 Å². The van der Waals surface area contributed by atoms with Gasteiger partial charge in [0, 0.05) is 25.0 Å². The molecule has 0 atom stereocenters. The summed E-state index contributed by atoms with van der Waals surface area (Å²) in [6.45, 7) is 4.75. The van der Waals surface area contributed by atoms with Gasteiger partial charge in [-0.05, 0) is 73.0 Å². The Bertz CT molecular complexity index is 1410. The highest BCUT2D eigenvalue weighted by Gasteiger charge is 2.16. The molecule has 3 aromatic carbocycles. The van der Waals surface area contributed by atoms with Crippen molar-refractivity contribution in [2.24, 2.45) is 0 Å². The highest BCUT2D eigenvalue weighted by Crippen LogP contribution is 2.26. The van der Waals surface area contributed by atoms with Crippen LogP contribution in [0.5, 0.6) is 0 Å². The molecule has 1 heterocycles. The highest BCUT2D eigenvalue weighted by atomic mass is 32.2. The van der Waals surface area contributed by atoms with Gasteiger partial charge in [-0.3, -0.25) is 14.2 Å². The summed E-state index contributed by atoms with van der Waals surface area (Å²) in [7, 11) is 1.57. The topological polar surface area (TPSA) is 73.2 Å². The van der Waals surface area contributed by atoms with Gasteiger partial charge in [-0.1, -0.05) is 30.0 Å². The van der Waals surface area contributed by atoms with E-state index >= 15 is 0 Å². The minimum atomic E-state index is -0.300. The number of aryl methyl sites for hydroxylation is 2. The lowest BCUT2D eigenvalue weighted by molar-refractivity contribution is 0.0937. The first-order valence-electron chi connectivity index (χ1n) is 11.2. The minimum Gasteiger partial charge on any atom is -0.383 e. The fraction of sp³-hybridized carbons (Fsp3) is 0.222. The summed E-state index contributed by atoms with van der Waals surface area (Å²) in [5.41, 5.74) is 4.34. The van der Waals surface area contributed by atoms with Crippen LogP contribution >= 0.6 is 11.8 Å². The molecular formula is C27H26FN3O3S. The number of carbonyl (C=O) groups is 1. The van der Waals surface area contributed by atoms with Crippen LogP contribution in [0.25, 0.3) is 16.6 Å². The average Bonchev–Trinajstić information content (AvgIpc) is 2.83. The zero-order valence-electron chi connectivity index (χ0n) is 19.8. The number of ether oxygens (including phenoxy) is 1. The Morgan fingerprint density at radius 3 is 2.46 bits per heavy atom. The molecule has 180 valence electrons. The molecule has 1 aromatic heterocycles. The Kier molecular flexibility index (Phi) is 7.63. The predicted molar refractivity (Wildman–Crippen MR) is 137 cm³/mol. The van der Waals surface area contributed by atoms with Crippen LogP contribution in [-0.4, -0.2) is 35.7 Å². The number of benzene rings is 3. The lowest BCUT2D eigenvalue weighted by Crippen LogP contribution is -2.27. The number of carbonyl (C=O) groups excluding carboxylic acids is 1. The normalized spacial score (nSPS) is 11.1. The molecule has 0 aliphatic heterocycles. The molecule has 0 spiro atoms. The van der Waals surface area contributed by atoms with Crippen molar-refractivity contribution < 1.29 is 13.9 Å². The standard InChI is InChI=1S/C27H26FN3O3S/c1-17-12-18(2)14-22(13-17)31-26(33)23-9-6-20(25(32)29-10-11-34-3)15-24(23)30-27(31)35-16-19-4-7-21(28)8-5-19/h4-9,12-15H,10-11,16H2,1-3H3,(H,29,32). The van der Waals surface area contributed by atoms with Crippen molar-refractivity contribution in [2.75, 3.05) is 20.3 Å². The van der Waals surface area contributed by atoms with Crippen LogP contribution in [0.3, 0.4) is 0 Å². The molecule has 4 aromatic rings.